The molecule has 1 heterocycles. The Hall–Kier alpha value is -1.06. The molecule has 4 nitrogen and oxygen atoms in total. The lowest BCUT2D eigenvalue weighted by atomic mass is 9.85. The molecular formula is C17H32N2O2. The fourth-order valence-electron chi connectivity index (χ4n) is 3.26. The minimum atomic E-state index is -0.687. The van der Waals surface area contributed by atoms with Gasteiger partial charge in [-0.2, -0.15) is 0 Å². The van der Waals surface area contributed by atoms with Gasteiger partial charge in [0.1, 0.15) is 11.6 Å². The van der Waals surface area contributed by atoms with Crippen molar-refractivity contribution in [3.8, 4) is 0 Å². The number of rotatable bonds is 8. The Morgan fingerprint density at radius 2 is 1.67 bits per heavy atom. The summed E-state index contributed by atoms with van der Waals surface area (Å²) in [4.78, 5) is 27.4. The highest BCUT2D eigenvalue weighted by atomic mass is 16.2. The Balaban J connectivity index is 3.08. The number of carbonyl (C=O) groups is 2. The first kappa shape index (κ1) is 18.0. The highest BCUT2D eigenvalue weighted by molar-refractivity contribution is 5.99. The normalized spacial score (nSPS) is 21.8. The van der Waals surface area contributed by atoms with E-state index in [1.165, 1.54) is 0 Å². The number of piperazine rings is 1. The van der Waals surface area contributed by atoms with E-state index in [1.807, 2.05) is 18.7 Å². The molecule has 122 valence electrons. The molecule has 1 N–H and O–H groups in total. The van der Waals surface area contributed by atoms with Gasteiger partial charge in [0, 0.05) is 6.54 Å². The summed E-state index contributed by atoms with van der Waals surface area (Å²) in [6.07, 6.45) is 5.08. The molecule has 1 aliphatic rings. The molecule has 0 saturated carbocycles. The third-order valence-corrected chi connectivity index (χ3v) is 5.09. The van der Waals surface area contributed by atoms with Crippen molar-refractivity contribution in [1.82, 2.24) is 10.2 Å². The van der Waals surface area contributed by atoms with Crippen molar-refractivity contribution in [3.63, 3.8) is 0 Å². The van der Waals surface area contributed by atoms with Crippen molar-refractivity contribution in [1.29, 1.82) is 0 Å². The van der Waals surface area contributed by atoms with Crippen LogP contribution in [0.25, 0.3) is 0 Å². The van der Waals surface area contributed by atoms with Crippen LogP contribution >= 0.6 is 0 Å². The number of nitrogens with zero attached hydrogens (tertiary/aromatic N) is 1. The van der Waals surface area contributed by atoms with E-state index in [-0.39, 0.29) is 17.9 Å². The van der Waals surface area contributed by atoms with Crippen molar-refractivity contribution in [2.75, 3.05) is 6.54 Å². The summed E-state index contributed by atoms with van der Waals surface area (Å²) >= 11 is 0. The van der Waals surface area contributed by atoms with Gasteiger partial charge in [-0.05, 0) is 25.2 Å². The van der Waals surface area contributed by atoms with Crippen LogP contribution in [0.4, 0.5) is 0 Å². The van der Waals surface area contributed by atoms with Crippen molar-refractivity contribution < 1.29 is 9.59 Å². The zero-order valence-electron chi connectivity index (χ0n) is 14.4. The molecule has 1 unspecified atom stereocenters. The zero-order valence-corrected chi connectivity index (χ0v) is 14.4. The fourth-order valence-corrected chi connectivity index (χ4v) is 3.26. The van der Waals surface area contributed by atoms with Gasteiger partial charge in [0.05, 0.1) is 0 Å². The predicted octanol–water partition coefficient (Wildman–Crippen LogP) is 3.11. The molecule has 1 fully saturated rings. The largest absolute Gasteiger partial charge is 0.340 e. The molecule has 0 spiro atoms. The molecule has 0 aromatic heterocycles. The van der Waals surface area contributed by atoms with Crippen LogP contribution in [-0.4, -0.2) is 34.8 Å². The van der Waals surface area contributed by atoms with E-state index in [0.717, 1.165) is 25.7 Å². The lowest BCUT2D eigenvalue weighted by Crippen LogP contribution is -2.70. The van der Waals surface area contributed by atoms with Crippen LogP contribution in [0, 0.1) is 5.92 Å². The van der Waals surface area contributed by atoms with Gasteiger partial charge in [-0.15, -0.1) is 0 Å². The molecule has 0 aromatic carbocycles. The Labute approximate surface area is 129 Å². The number of amides is 2. The summed E-state index contributed by atoms with van der Waals surface area (Å²) in [7, 11) is 0. The van der Waals surface area contributed by atoms with Gasteiger partial charge >= 0.3 is 0 Å². The quantitative estimate of drug-likeness (QED) is 0.748. The molecule has 0 radical (unpaired) electrons. The first-order valence-corrected chi connectivity index (χ1v) is 8.62. The molecule has 1 saturated heterocycles. The summed E-state index contributed by atoms with van der Waals surface area (Å²) in [5, 5.41) is 3.02. The van der Waals surface area contributed by atoms with Crippen LogP contribution in [0.2, 0.25) is 0 Å². The van der Waals surface area contributed by atoms with Gasteiger partial charge in [-0.3, -0.25) is 9.59 Å². The van der Waals surface area contributed by atoms with Crippen LogP contribution in [0.5, 0.6) is 0 Å². The van der Waals surface area contributed by atoms with E-state index in [1.54, 1.807) is 0 Å². The SMILES string of the molecule is CCCC1C(=O)NC(CC)(CC)C(=O)N1CC(CC)CC. The minimum Gasteiger partial charge on any atom is -0.340 e. The van der Waals surface area contributed by atoms with E-state index in [9.17, 15) is 9.59 Å². The predicted molar refractivity (Wildman–Crippen MR) is 85.9 cm³/mol. The maximum atomic E-state index is 13.0. The topological polar surface area (TPSA) is 49.4 Å². The Morgan fingerprint density at radius 3 is 2.10 bits per heavy atom. The average molecular weight is 296 g/mol. The summed E-state index contributed by atoms with van der Waals surface area (Å²) in [6.45, 7) is 11.1. The summed E-state index contributed by atoms with van der Waals surface area (Å²) < 4.78 is 0. The van der Waals surface area contributed by atoms with E-state index in [4.69, 9.17) is 0 Å². The molecule has 1 rings (SSSR count). The highest BCUT2D eigenvalue weighted by Gasteiger charge is 2.48. The maximum Gasteiger partial charge on any atom is 0.248 e. The number of carbonyl (C=O) groups excluding carboxylic acids is 2. The summed E-state index contributed by atoms with van der Waals surface area (Å²) in [5.74, 6) is 0.633. The molecule has 4 heteroatoms. The maximum absolute atomic E-state index is 13.0. The van der Waals surface area contributed by atoms with Gasteiger partial charge in [0.15, 0.2) is 0 Å². The van der Waals surface area contributed by atoms with Gasteiger partial charge in [-0.25, -0.2) is 0 Å². The molecule has 1 aliphatic heterocycles. The fraction of sp³-hybridized carbons (Fsp3) is 0.882. The monoisotopic (exact) mass is 296 g/mol. The van der Waals surface area contributed by atoms with Crippen LogP contribution < -0.4 is 5.32 Å². The summed E-state index contributed by atoms with van der Waals surface area (Å²) in [5.41, 5.74) is -0.687. The molecule has 0 aliphatic carbocycles. The molecule has 2 amide bonds. The molecule has 0 aromatic rings. The van der Waals surface area contributed by atoms with Crippen LogP contribution in [-0.2, 0) is 9.59 Å². The van der Waals surface area contributed by atoms with Crippen molar-refractivity contribution >= 4 is 11.8 Å². The van der Waals surface area contributed by atoms with E-state index < -0.39 is 5.54 Å². The first-order valence-electron chi connectivity index (χ1n) is 8.62. The lowest BCUT2D eigenvalue weighted by molar-refractivity contribution is -0.156. The van der Waals surface area contributed by atoms with Crippen molar-refractivity contribution in [2.45, 2.75) is 84.7 Å². The van der Waals surface area contributed by atoms with Gasteiger partial charge in [0.25, 0.3) is 0 Å². The van der Waals surface area contributed by atoms with Crippen molar-refractivity contribution in [3.05, 3.63) is 0 Å². The zero-order chi connectivity index (χ0) is 16.0. The van der Waals surface area contributed by atoms with Gasteiger partial charge in [0.2, 0.25) is 11.8 Å². The van der Waals surface area contributed by atoms with Gasteiger partial charge < -0.3 is 10.2 Å². The third kappa shape index (κ3) is 3.58. The molecule has 21 heavy (non-hydrogen) atoms. The summed E-state index contributed by atoms with van der Waals surface area (Å²) in [6, 6.07) is -0.283. The second-order valence-corrected chi connectivity index (χ2v) is 6.22. The standard InChI is InChI=1S/C17H32N2O2/c1-6-11-14-15(20)18-17(9-4,10-5)16(21)19(14)12-13(7-2)8-3/h13-14H,6-12H2,1-5H3,(H,18,20). The minimum absolute atomic E-state index is 0.0334. The van der Waals surface area contributed by atoms with Crippen LogP contribution in [0.1, 0.15) is 73.1 Å². The van der Waals surface area contributed by atoms with Crippen LogP contribution in [0.15, 0.2) is 0 Å². The molecule has 0 bridgehead atoms. The second-order valence-electron chi connectivity index (χ2n) is 6.22. The van der Waals surface area contributed by atoms with E-state index >= 15 is 0 Å². The van der Waals surface area contributed by atoms with E-state index in [2.05, 4.69) is 26.1 Å². The lowest BCUT2D eigenvalue weighted by Gasteiger charge is -2.46. The highest BCUT2D eigenvalue weighted by Crippen LogP contribution is 2.28. The smallest absolute Gasteiger partial charge is 0.248 e. The van der Waals surface area contributed by atoms with Crippen molar-refractivity contribution in [2.24, 2.45) is 5.92 Å². The van der Waals surface area contributed by atoms with Crippen LogP contribution in [0.3, 0.4) is 0 Å². The van der Waals surface area contributed by atoms with E-state index in [0.29, 0.717) is 25.3 Å². The third-order valence-electron chi connectivity index (χ3n) is 5.09. The Morgan fingerprint density at radius 1 is 1.10 bits per heavy atom. The number of hydrogen-bond donors (Lipinski definition) is 1. The Kier molecular flexibility index (Phi) is 6.69. The number of hydrogen-bond acceptors (Lipinski definition) is 2. The second kappa shape index (κ2) is 7.81. The van der Waals surface area contributed by atoms with Gasteiger partial charge in [-0.1, -0.05) is 53.9 Å². The first-order chi connectivity index (χ1) is 9.99. The average Bonchev–Trinajstić information content (AvgIpc) is 2.50. The number of nitrogens with one attached hydrogen (secondary N) is 1. The molecule has 1 atom stereocenters. The molecular weight excluding hydrogens is 264 g/mol. The Bertz CT molecular complexity index is 360.